The number of allylic oxidation sites excluding steroid dienone is 2. The quantitative estimate of drug-likeness (QED) is 0.779. The highest BCUT2D eigenvalue weighted by molar-refractivity contribution is 5.99. The van der Waals surface area contributed by atoms with E-state index < -0.39 is 17.9 Å². The van der Waals surface area contributed by atoms with Crippen LogP contribution in [0.3, 0.4) is 0 Å². The number of carboxylic acids is 2. The van der Waals surface area contributed by atoms with Gasteiger partial charge in [-0.2, -0.15) is 5.10 Å². The molecule has 1 aliphatic rings. The number of rotatable bonds is 4. The SMILES string of the molecule is CC1=C(C(=O)O)C(c2c(C(C)C)nn3ccccc23)C(C(=O)O)=C(C)N1. The minimum Gasteiger partial charge on any atom is -0.478 e. The van der Waals surface area contributed by atoms with Crippen LogP contribution in [0.1, 0.15) is 50.8 Å². The van der Waals surface area contributed by atoms with E-state index >= 15 is 0 Å². The Kier molecular flexibility index (Phi) is 4.31. The molecule has 1 aliphatic heterocycles. The van der Waals surface area contributed by atoms with Crippen LogP contribution < -0.4 is 5.32 Å². The third-order valence-corrected chi connectivity index (χ3v) is 4.66. The highest BCUT2D eigenvalue weighted by Gasteiger charge is 2.39. The van der Waals surface area contributed by atoms with Gasteiger partial charge < -0.3 is 15.5 Å². The topological polar surface area (TPSA) is 104 Å². The lowest BCUT2D eigenvalue weighted by atomic mass is 9.78. The first-order valence-corrected chi connectivity index (χ1v) is 8.36. The summed E-state index contributed by atoms with van der Waals surface area (Å²) >= 11 is 0. The summed E-state index contributed by atoms with van der Waals surface area (Å²) in [6.07, 6.45) is 1.78. The van der Waals surface area contributed by atoms with Crippen LogP contribution in [0.25, 0.3) is 5.52 Å². The number of hydrogen-bond acceptors (Lipinski definition) is 4. The fourth-order valence-corrected chi connectivity index (χ4v) is 3.61. The maximum Gasteiger partial charge on any atom is 0.334 e. The predicted molar refractivity (Wildman–Crippen MR) is 95.8 cm³/mol. The van der Waals surface area contributed by atoms with Gasteiger partial charge in [0, 0.05) is 23.2 Å². The number of aliphatic carboxylic acids is 2. The Labute approximate surface area is 150 Å². The van der Waals surface area contributed by atoms with Crippen molar-refractivity contribution in [3.63, 3.8) is 0 Å². The molecule has 0 bridgehead atoms. The van der Waals surface area contributed by atoms with E-state index in [1.807, 2.05) is 32.0 Å². The molecule has 136 valence electrons. The van der Waals surface area contributed by atoms with Gasteiger partial charge in [-0.15, -0.1) is 0 Å². The minimum atomic E-state index is -1.14. The van der Waals surface area contributed by atoms with Gasteiger partial charge in [0.15, 0.2) is 0 Å². The van der Waals surface area contributed by atoms with Crippen LogP contribution in [0.15, 0.2) is 46.9 Å². The molecule has 0 aromatic carbocycles. The Morgan fingerprint density at radius 1 is 1.12 bits per heavy atom. The summed E-state index contributed by atoms with van der Waals surface area (Å²) in [7, 11) is 0. The molecule has 0 radical (unpaired) electrons. The van der Waals surface area contributed by atoms with E-state index in [-0.39, 0.29) is 17.1 Å². The van der Waals surface area contributed by atoms with Crippen LogP contribution in [-0.4, -0.2) is 31.8 Å². The maximum absolute atomic E-state index is 12.0. The Bertz CT molecular complexity index is 946. The zero-order chi connectivity index (χ0) is 19.2. The van der Waals surface area contributed by atoms with Crippen molar-refractivity contribution < 1.29 is 19.8 Å². The molecule has 0 aliphatic carbocycles. The van der Waals surface area contributed by atoms with Gasteiger partial charge in [0.2, 0.25) is 0 Å². The largest absolute Gasteiger partial charge is 0.478 e. The molecule has 3 rings (SSSR count). The van der Waals surface area contributed by atoms with Crippen LogP contribution in [0.2, 0.25) is 0 Å². The van der Waals surface area contributed by atoms with Crippen molar-refractivity contribution >= 4 is 17.5 Å². The lowest BCUT2D eigenvalue weighted by molar-refractivity contribution is -0.133. The molecule has 0 saturated heterocycles. The Balaban J connectivity index is 2.42. The average Bonchev–Trinajstić information content (AvgIpc) is 2.92. The van der Waals surface area contributed by atoms with E-state index in [1.165, 1.54) is 0 Å². The molecular formula is C19H21N3O4. The minimum absolute atomic E-state index is 0.00508. The standard InChI is InChI=1S/C19H21N3O4/c1-9(2)17-15(12-7-5-6-8-22(12)21-17)16-13(18(23)24)10(3)20-11(4)14(16)19(25)26/h5-9,16,20H,1-4H3,(H,23,24)(H,25,26). The molecular weight excluding hydrogens is 334 g/mol. The van der Waals surface area contributed by atoms with Crippen LogP contribution in [0.4, 0.5) is 0 Å². The van der Waals surface area contributed by atoms with Gasteiger partial charge in [-0.3, -0.25) is 0 Å². The highest BCUT2D eigenvalue weighted by atomic mass is 16.4. The Morgan fingerprint density at radius 3 is 2.19 bits per heavy atom. The van der Waals surface area contributed by atoms with Crippen molar-refractivity contribution in [3.8, 4) is 0 Å². The number of hydrogen-bond donors (Lipinski definition) is 3. The van der Waals surface area contributed by atoms with E-state index in [2.05, 4.69) is 10.4 Å². The molecule has 0 amide bonds. The first-order valence-electron chi connectivity index (χ1n) is 8.36. The predicted octanol–water partition coefficient (Wildman–Crippen LogP) is 2.86. The summed E-state index contributed by atoms with van der Waals surface area (Å²) < 4.78 is 1.68. The summed E-state index contributed by atoms with van der Waals surface area (Å²) in [4.78, 5) is 24.0. The fourth-order valence-electron chi connectivity index (χ4n) is 3.61. The Hall–Kier alpha value is -3.09. The summed E-state index contributed by atoms with van der Waals surface area (Å²) in [5, 5.41) is 27.1. The van der Waals surface area contributed by atoms with Gasteiger partial charge >= 0.3 is 11.9 Å². The summed E-state index contributed by atoms with van der Waals surface area (Å²) in [5.41, 5.74) is 2.99. The van der Waals surface area contributed by atoms with Crippen molar-refractivity contribution in [1.29, 1.82) is 0 Å². The van der Waals surface area contributed by atoms with Gasteiger partial charge in [-0.05, 0) is 31.9 Å². The van der Waals surface area contributed by atoms with E-state index in [9.17, 15) is 19.8 Å². The number of pyridine rings is 1. The zero-order valence-electron chi connectivity index (χ0n) is 15.1. The summed E-state index contributed by atoms with van der Waals surface area (Å²) in [6.45, 7) is 7.22. The summed E-state index contributed by atoms with van der Waals surface area (Å²) in [6, 6.07) is 5.49. The van der Waals surface area contributed by atoms with Crippen molar-refractivity contribution in [1.82, 2.24) is 14.9 Å². The van der Waals surface area contributed by atoms with Gasteiger partial charge in [-0.1, -0.05) is 19.9 Å². The van der Waals surface area contributed by atoms with Gasteiger partial charge in [0.05, 0.1) is 28.3 Å². The van der Waals surface area contributed by atoms with E-state index in [0.717, 1.165) is 0 Å². The molecule has 2 aromatic heterocycles. The van der Waals surface area contributed by atoms with E-state index in [0.29, 0.717) is 28.2 Å². The molecule has 0 spiro atoms. The molecule has 3 heterocycles. The number of nitrogens with zero attached hydrogens (tertiary/aromatic N) is 2. The number of aromatic nitrogens is 2. The van der Waals surface area contributed by atoms with Gasteiger partial charge in [0.1, 0.15) is 0 Å². The number of carbonyl (C=O) groups is 2. The smallest absolute Gasteiger partial charge is 0.334 e. The molecule has 7 nitrogen and oxygen atoms in total. The number of nitrogens with one attached hydrogen (secondary N) is 1. The molecule has 0 atom stereocenters. The van der Waals surface area contributed by atoms with Crippen LogP contribution in [-0.2, 0) is 9.59 Å². The van der Waals surface area contributed by atoms with Crippen LogP contribution in [0.5, 0.6) is 0 Å². The first kappa shape index (κ1) is 17.7. The lowest BCUT2D eigenvalue weighted by Gasteiger charge is -2.29. The number of carboxylic acid groups (broad SMARTS) is 2. The molecule has 0 saturated carbocycles. The molecule has 0 unspecified atom stereocenters. The second-order valence-corrected chi connectivity index (χ2v) is 6.73. The van der Waals surface area contributed by atoms with Gasteiger partial charge in [0.25, 0.3) is 0 Å². The maximum atomic E-state index is 12.0. The van der Waals surface area contributed by atoms with Crippen LogP contribution >= 0.6 is 0 Å². The second kappa shape index (κ2) is 6.33. The third kappa shape index (κ3) is 2.65. The normalized spacial score (nSPS) is 15.7. The van der Waals surface area contributed by atoms with Crippen molar-refractivity contribution in [2.24, 2.45) is 0 Å². The molecule has 0 fully saturated rings. The highest BCUT2D eigenvalue weighted by Crippen LogP contribution is 2.42. The van der Waals surface area contributed by atoms with Crippen molar-refractivity contribution in [2.75, 3.05) is 0 Å². The molecule has 7 heteroatoms. The fraction of sp³-hybridized carbons (Fsp3) is 0.316. The van der Waals surface area contributed by atoms with E-state index in [4.69, 9.17) is 0 Å². The van der Waals surface area contributed by atoms with E-state index in [1.54, 1.807) is 24.6 Å². The molecule has 3 N–H and O–H groups in total. The number of fused-ring (bicyclic) bond motifs is 1. The zero-order valence-corrected chi connectivity index (χ0v) is 15.1. The molecule has 26 heavy (non-hydrogen) atoms. The number of dihydropyridines is 1. The summed E-state index contributed by atoms with van der Waals surface area (Å²) in [5.74, 6) is -3.18. The average molecular weight is 355 g/mol. The first-order chi connectivity index (χ1) is 12.2. The van der Waals surface area contributed by atoms with Crippen molar-refractivity contribution in [3.05, 3.63) is 58.2 Å². The lowest BCUT2D eigenvalue weighted by Crippen LogP contribution is -2.31. The second-order valence-electron chi connectivity index (χ2n) is 6.73. The van der Waals surface area contributed by atoms with Gasteiger partial charge in [-0.25, -0.2) is 14.1 Å². The van der Waals surface area contributed by atoms with Crippen LogP contribution in [0, 0.1) is 0 Å². The third-order valence-electron chi connectivity index (χ3n) is 4.66. The monoisotopic (exact) mass is 355 g/mol. The van der Waals surface area contributed by atoms with Crippen molar-refractivity contribution in [2.45, 2.75) is 39.5 Å². The Morgan fingerprint density at radius 2 is 1.69 bits per heavy atom. The molecule has 2 aromatic rings.